The molecule has 0 aliphatic rings. The molecule has 1 amide bonds. The highest BCUT2D eigenvalue weighted by Gasteiger charge is 2.08. The summed E-state index contributed by atoms with van der Waals surface area (Å²) < 4.78 is 5.98. The van der Waals surface area contributed by atoms with Crippen LogP contribution in [0.3, 0.4) is 0 Å². The van der Waals surface area contributed by atoms with Crippen LogP contribution in [0, 0.1) is 6.92 Å². The maximum Gasteiger partial charge on any atom is 0.251 e. The summed E-state index contributed by atoms with van der Waals surface area (Å²) in [6.07, 6.45) is -0.00369. The zero-order valence-corrected chi connectivity index (χ0v) is 19.8. The van der Waals surface area contributed by atoms with Gasteiger partial charge >= 0.3 is 0 Å². The lowest BCUT2D eigenvalue weighted by atomic mass is 10.1. The molecule has 2 rings (SSSR count). The van der Waals surface area contributed by atoms with E-state index in [4.69, 9.17) is 4.74 Å². The van der Waals surface area contributed by atoms with Crippen LogP contribution in [0.2, 0.25) is 0 Å². The average Bonchev–Trinajstić information content (AvgIpc) is 2.70. The number of benzene rings is 2. The number of aryl methyl sites for hydroxylation is 1. The van der Waals surface area contributed by atoms with E-state index in [1.54, 1.807) is 7.05 Å². The van der Waals surface area contributed by atoms with Gasteiger partial charge in [-0.05, 0) is 50.1 Å². The molecule has 0 heterocycles. The predicted molar refractivity (Wildman–Crippen MR) is 129 cm³/mol. The molecule has 2 aromatic rings. The molecule has 7 heteroatoms. The molecule has 0 radical (unpaired) electrons. The Kier molecular flexibility index (Phi) is 11.1. The molecule has 0 bridgehead atoms. The second kappa shape index (κ2) is 13.0. The van der Waals surface area contributed by atoms with Gasteiger partial charge in [-0.2, -0.15) is 0 Å². The Bertz CT molecular complexity index is 794. The van der Waals surface area contributed by atoms with Crippen LogP contribution in [0.5, 0.6) is 5.75 Å². The van der Waals surface area contributed by atoms with Crippen molar-refractivity contribution in [2.75, 3.05) is 20.1 Å². The van der Waals surface area contributed by atoms with E-state index < -0.39 is 0 Å². The van der Waals surface area contributed by atoms with Crippen molar-refractivity contribution in [1.29, 1.82) is 0 Å². The number of hydrogen-bond donors (Lipinski definition) is 3. The summed E-state index contributed by atoms with van der Waals surface area (Å²) in [5.74, 6) is 1.54. The number of guanidine groups is 1. The summed E-state index contributed by atoms with van der Waals surface area (Å²) in [4.78, 5) is 16.0. The van der Waals surface area contributed by atoms with Crippen molar-refractivity contribution in [3.05, 3.63) is 65.2 Å². The number of ether oxygens (including phenoxy) is 1. The van der Waals surface area contributed by atoms with Crippen LogP contribution in [0.25, 0.3) is 0 Å². The van der Waals surface area contributed by atoms with E-state index in [1.165, 1.54) is 0 Å². The molecule has 0 saturated carbocycles. The number of nitrogens with zero attached hydrogens (tertiary/aromatic N) is 1. The number of hydrogen-bond acceptors (Lipinski definition) is 3. The van der Waals surface area contributed by atoms with Crippen molar-refractivity contribution < 1.29 is 9.53 Å². The molecule has 3 N–H and O–H groups in total. The number of carbonyl (C=O) groups excluding carboxylic acids is 1. The topological polar surface area (TPSA) is 74.8 Å². The summed E-state index contributed by atoms with van der Waals surface area (Å²) in [6, 6.07) is 15.5. The van der Waals surface area contributed by atoms with Gasteiger partial charge < -0.3 is 20.7 Å². The minimum absolute atomic E-state index is 0. The average molecular weight is 510 g/mol. The zero-order chi connectivity index (χ0) is 20.4. The van der Waals surface area contributed by atoms with Gasteiger partial charge in [0.15, 0.2) is 5.96 Å². The molecular weight excluding hydrogens is 479 g/mol. The van der Waals surface area contributed by atoms with Gasteiger partial charge in [-0.25, -0.2) is 0 Å². The highest BCUT2D eigenvalue weighted by atomic mass is 127. The highest BCUT2D eigenvalue weighted by molar-refractivity contribution is 14.0. The van der Waals surface area contributed by atoms with Crippen molar-refractivity contribution in [3.63, 3.8) is 0 Å². The monoisotopic (exact) mass is 510 g/mol. The van der Waals surface area contributed by atoms with Crippen molar-refractivity contribution >= 4 is 35.8 Å². The number of halogens is 1. The minimum Gasteiger partial charge on any atom is -0.489 e. The van der Waals surface area contributed by atoms with E-state index in [9.17, 15) is 4.79 Å². The number of aliphatic imine (C=N–C) groups is 1. The smallest absolute Gasteiger partial charge is 0.251 e. The largest absolute Gasteiger partial charge is 0.489 e. The molecule has 0 aliphatic carbocycles. The minimum atomic E-state index is -0.0536. The second-order valence-corrected chi connectivity index (χ2v) is 6.56. The molecule has 2 aromatic carbocycles. The molecule has 158 valence electrons. The van der Waals surface area contributed by atoms with Crippen LogP contribution >= 0.6 is 24.0 Å². The lowest BCUT2D eigenvalue weighted by Gasteiger charge is -2.19. The van der Waals surface area contributed by atoms with Crippen LogP contribution in [-0.2, 0) is 6.54 Å². The van der Waals surface area contributed by atoms with Gasteiger partial charge in [-0.15, -0.1) is 24.0 Å². The Labute approximate surface area is 190 Å². The summed E-state index contributed by atoms with van der Waals surface area (Å²) >= 11 is 0. The van der Waals surface area contributed by atoms with Gasteiger partial charge in [-0.3, -0.25) is 9.79 Å². The molecule has 1 atom stereocenters. The van der Waals surface area contributed by atoms with Gasteiger partial charge in [0, 0.05) is 25.7 Å². The van der Waals surface area contributed by atoms with Crippen LogP contribution in [0.15, 0.2) is 53.5 Å². The van der Waals surface area contributed by atoms with E-state index in [0.29, 0.717) is 31.2 Å². The van der Waals surface area contributed by atoms with Gasteiger partial charge in [0.1, 0.15) is 11.9 Å². The molecule has 0 saturated heterocycles. The fourth-order valence-electron chi connectivity index (χ4n) is 2.63. The van der Waals surface area contributed by atoms with Crippen LogP contribution in [0.4, 0.5) is 0 Å². The molecular formula is C22H31IN4O2. The lowest BCUT2D eigenvalue weighted by molar-refractivity contribution is 0.0956. The van der Waals surface area contributed by atoms with Gasteiger partial charge in [0.2, 0.25) is 0 Å². The molecule has 6 nitrogen and oxygen atoms in total. The molecule has 1 unspecified atom stereocenters. The Balaban J connectivity index is 0.00000420. The molecule has 0 fully saturated rings. The van der Waals surface area contributed by atoms with Crippen LogP contribution in [-0.4, -0.2) is 38.1 Å². The first-order valence-electron chi connectivity index (χ1n) is 9.57. The molecule has 29 heavy (non-hydrogen) atoms. The third-order valence-corrected chi connectivity index (χ3v) is 4.22. The standard InChI is InChI=1S/C22H30N4O2.HI/c1-5-24-21(27)19-12-10-18(11-13-19)15-26-22(23-4)25-14-17(3)28-20-9-7-6-8-16(20)2;/h6-13,17H,5,14-15H2,1-4H3,(H,24,27)(H2,23,25,26);1H. The van der Waals surface area contributed by atoms with Crippen molar-refractivity contribution in [2.24, 2.45) is 4.99 Å². The highest BCUT2D eigenvalue weighted by Crippen LogP contribution is 2.17. The maximum atomic E-state index is 11.8. The summed E-state index contributed by atoms with van der Waals surface area (Å²) in [6.45, 7) is 7.82. The van der Waals surface area contributed by atoms with E-state index in [0.717, 1.165) is 16.9 Å². The van der Waals surface area contributed by atoms with Crippen LogP contribution < -0.4 is 20.7 Å². The molecule has 0 aliphatic heterocycles. The van der Waals surface area contributed by atoms with E-state index in [-0.39, 0.29) is 36.0 Å². The Hall–Kier alpha value is -2.29. The fraction of sp³-hybridized carbons (Fsp3) is 0.364. The van der Waals surface area contributed by atoms with Crippen molar-refractivity contribution in [1.82, 2.24) is 16.0 Å². The Morgan fingerprint density at radius 3 is 2.38 bits per heavy atom. The quantitative estimate of drug-likeness (QED) is 0.289. The van der Waals surface area contributed by atoms with Crippen LogP contribution in [0.1, 0.15) is 35.3 Å². The van der Waals surface area contributed by atoms with Gasteiger partial charge in [-0.1, -0.05) is 30.3 Å². The molecule has 0 spiro atoms. The number of nitrogens with one attached hydrogen (secondary N) is 3. The maximum absolute atomic E-state index is 11.8. The van der Waals surface area contributed by atoms with E-state index in [1.807, 2.05) is 69.3 Å². The van der Waals surface area contributed by atoms with Crippen molar-refractivity contribution in [3.8, 4) is 5.75 Å². The summed E-state index contributed by atoms with van der Waals surface area (Å²) in [5, 5.41) is 9.34. The first-order chi connectivity index (χ1) is 13.5. The number of amides is 1. The Morgan fingerprint density at radius 1 is 1.07 bits per heavy atom. The fourth-order valence-corrected chi connectivity index (χ4v) is 2.63. The third kappa shape index (κ3) is 8.31. The summed E-state index contributed by atoms with van der Waals surface area (Å²) in [7, 11) is 1.74. The zero-order valence-electron chi connectivity index (χ0n) is 17.5. The lowest BCUT2D eigenvalue weighted by Crippen LogP contribution is -2.41. The number of rotatable bonds is 8. The second-order valence-electron chi connectivity index (χ2n) is 6.56. The molecule has 0 aromatic heterocycles. The van der Waals surface area contributed by atoms with E-state index in [2.05, 4.69) is 20.9 Å². The Morgan fingerprint density at radius 2 is 1.76 bits per heavy atom. The number of para-hydroxylation sites is 1. The predicted octanol–water partition coefficient (Wildman–Crippen LogP) is 3.50. The first-order valence-corrected chi connectivity index (χ1v) is 9.57. The van der Waals surface area contributed by atoms with E-state index >= 15 is 0 Å². The van der Waals surface area contributed by atoms with Gasteiger partial charge in [0.25, 0.3) is 5.91 Å². The summed E-state index contributed by atoms with van der Waals surface area (Å²) in [5.41, 5.74) is 2.85. The SMILES string of the molecule is CCNC(=O)c1ccc(CNC(=NC)NCC(C)Oc2ccccc2C)cc1.I. The number of carbonyl (C=O) groups is 1. The first kappa shape index (κ1) is 24.7. The van der Waals surface area contributed by atoms with Crippen molar-refractivity contribution in [2.45, 2.75) is 33.4 Å². The third-order valence-electron chi connectivity index (χ3n) is 4.22. The normalized spacial score (nSPS) is 11.8. The van der Waals surface area contributed by atoms with Gasteiger partial charge in [0.05, 0.1) is 6.54 Å².